The van der Waals surface area contributed by atoms with E-state index in [1.807, 2.05) is 6.08 Å². The van der Waals surface area contributed by atoms with Gasteiger partial charge in [0.25, 0.3) is 0 Å². The second kappa shape index (κ2) is 55.6. The van der Waals surface area contributed by atoms with Crippen LogP contribution in [0, 0.1) is 0 Å². The molecule has 0 aromatic carbocycles. The first kappa shape index (κ1) is 62.3. The molecule has 0 bridgehead atoms. The van der Waals surface area contributed by atoms with Crippen LogP contribution in [-0.2, 0) is 4.79 Å². The van der Waals surface area contributed by atoms with Gasteiger partial charge in [-0.1, -0.05) is 243 Å². The molecule has 0 aromatic heterocycles. The van der Waals surface area contributed by atoms with Gasteiger partial charge < -0.3 is 15.5 Å². The minimum atomic E-state index is -0.897. The van der Waals surface area contributed by atoms with Crippen LogP contribution in [-0.4, -0.2) is 34.9 Å². The van der Waals surface area contributed by atoms with E-state index in [4.69, 9.17) is 0 Å². The molecular weight excluding hydrogens is 807 g/mol. The molecule has 0 saturated heterocycles. The molecule has 0 saturated carbocycles. The van der Waals surface area contributed by atoms with Gasteiger partial charge in [0.2, 0.25) is 5.91 Å². The van der Waals surface area contributed by atoms with E-state index in [0.29, 0.717) is 6.42 Å². The Kier molecular flexibility index (Phi) is 52.5. The fourth-order valence-electron chi connectivity index (χ4n) is 7.20. The van der Waals surface area contributed by atoms with Gasteiger partial charge in [0, 0.05) is 6.42 Å². The first-order valence-electron chi connectivity index (χ1n) is 27.0. The number of carbonyl (C=O) groups excluding carboxylic acids is 1. The Hall–Kier alpha value is -3.73. The van der Waals surface area contributed by atoms with E-state index in [1.54, 1.807) is 6.08 Å². The van der Waals surface area contributed by atoms with Gasteiger partial charge in [0.15, 0.2) is 0 Å². The Morgan fingerprint density at radius 3 is 1.06 bits per heavy atom. The summed E-state index contributed by atoms with van der Waals surface area (Å²) in [5, 5.41) is 23.1. The first-order chi connectivity index (χ1) is 32.7. The zero-order valence-electron chi connectivity index (χ0n) is 42.6. The van der Waals surface area contributed by atoms with Crippen LogP contribution in [0.4, 0.5) is 0 Å². The summed E-state index contributed by atoms with van der Waals surface area (Å²) in [5.41, 5.74) is 0. The molecular formula is C62H101NO3. The van der Waals surface area contributed by atoms with Crippen molar-refractivity contribution in [1.29, 1.82) is 0 Å². The van der Waals surface area contributed by atoms with Crippen LogP contribution in [0.1, 0.15) is 219 Å². The van der Waals surface area contributed by atoms with Crippen LogP contribution >= 0.6 is 0 Å². The number of amides is 1. The summed E-state index contributed by atoms with van der Waals surface area (Å²) >= 11 is 0. The predicted molar refractivity (Wildman–Crippen MR) is 294 cm³/mol. The van der Waals surface area contributed by atoms with E-state index >= 15 is 0 Å². The molecule has 0 aliphatic rings. The topological polar surface area (TPSA) is 69.6 Å². The lowest BCUT2D eigenvalue weighted by Crippen LogP contribution is -2.45. The molecule has 2 atom stereocenters. The minimum absolute atomic E-state index is 0.116. The highest BCUT2D eigenvalue weighted by Gasteiger charge is 2.17. The molecule has 0 aliphatic heterocycles. The highest BCUT2D eigenvalue weighted by Crippen LogP contribution is 2.13. The molecule has 2 unspecified atom stereocenters. The van der Waals surface area contributed by atoms with Crippen LogP contribution in [0.15, 0.2) is 146 Å². The Morgan fingerprint density at radius 2 is 0.682 bits per heavy atom. The monoisotopic (exact) mass is 908 g/mol. The van der Waals surface area contributed by atoms with Gasteiger partial charge in [-0.25, -0.2) is 0 Å². The third kappa shape index (κ3) is 51.3. The molecule has 4 nitrogen and oxygen atoms in total. The minimum Gasteiger partial charge on any atom is -0.394 e. The molecule has 372 valence electrons. The van der Waals surface area contributed by atoms with Gasteiger partial charge in [-0.2, -0.15) is 0 Å². The van der Waals surface area contributed by atoms with Crippen molar-refractivity contribution < 1.29 is 15.0 Å². The summed E-state index contributed by atoms with van der Waals surface area (Å²) in [6, 6.07) is -0.676. The Morgan fingerprint density at radius 1 is 0.379 bits per heavy atom. The maximum Gasteiger partial charge on any atom is 0.220 e. The van der Waals surface area contributed by atoms with Crippen molar-refractivity contribution in [1.82, 2.24) is 5.32 Å². The molecule has 0 spiro atoms. The zero-order valence-corrected chi connectivity index (χ0v) is 42.6. The molecule has 66 heavy (non-hydrogen) atoms. The number of nitrogens with one attached hydrogen (secondary N) is 1. The second-order valence-electron chi connectivity index (χ2n) is 17.5. The SMILES string of the molecule is CC/C=C\C/C=C\C/C=C\C/C=C\C/C=C\C/C=C\C/C=C\C/C=C\C/C=C\CCCCCC(=O)NC(CO)C(O)/C=C/CC/C=C/CC/C=C/CCCCCCCCCCCCCCC. The third-order valence-corrected chi connectivity index (χ3v) is 11.3. The van der Waals surface area contributed by atoms with E-state index in [2.05, 4.69) is 153 Å². The Bertz CT molecular complexity index is 1400. The van der Waals surface area contributed by atoms with Crippen molar-refractivity contribution in [3.63, 3.8) is 0 Å². The number of aliphatic hydroxyl groups is 2. The maximum atomic E-state index is 12.4. The van der Waals surface area contributed by atoms with Gasteiger partial charge in [0.1, 0.15) is 0 Å². The average molecular weight is 908 g/mol. The van der Waals surface area contributed by atoms with E-state index in [9.17, 15) is 15.0 Å². The lowest BCUT2D eigenvalue weighted by Gasteiger charge is -2.19. The first-order valence-corrected chi connectivity index (χ1v) is 27.0. The van der Waals surface area contributed by atoms with Gasteiger partial charge in [0.05, 0.1) is 18.8 Å². The zero-order chi connectivity index (χ0) is 47.7. The molecule has 3 N–H and O–H groups in total. The molecule has 0 fully saturated rings. The number of hydrogen-bond donors (Lipinski definition) is 3. The number of rotatable bonds is 47. The van der Waals surface area contributed by atoms with Crippen molar-refractivity contribution in [2.24, 2.45) is 0 Å². The standard InChI is InChI=1S/C62H101NO3/c1-3-5-7-9-11-13-15-17-19-21-23-25-27-28-29-30-31-32-33-34-36-38-40-42-44-46-48-50-52-54-56-58-62(66)63-60(59-64)61(65)57-55-53-51-49-47-45-43-41-39-37-35-26-24-22-20-18-16-14-12-10-8-6-4-2/h5,7,11,13,17,19,23,25,28-29,31-32,34,36,39-42,46-49,55,57,60-61,64-65H,3-4,6,8-10,12,14-16,18,20-22,24,26-27,30,33,35,37-38,43-45,50-54,56,58-59H2,1-2H3,(H,63,66)/b7-5-,13-11-,19-17-,25-23-,29-28-,32-31-,36-34-,41-39+,42-40-,48-46-,49-47+,57-55+. The summed E-state index contributed by atoms with van der Waals surface area (Å²) in [7, 11) is 0. The fraction of sp³-hybridized carbons (Fsp3) is 0.597. The van der Waals surface area contributed by atoms with E-state index in [0.717, 1.165) is 109 Å². The Balaban J connectivity index is 3.75. The molecule has 0 heterocycles. The van der Waals surface area contributed by atoms with Crippen LogP contribution in [0.25, 0.3) is 0 Å². The number of unbranched alkanes of at least 4 members (excludes halogenated alkanes) is 18. The largest absolute Gasteiger partial charge is 0.394 e. The molecule has 0 aromatic rings. The van der Waals surface area contributed by atoms with Crippen molar-refractivity contribution in [2.75, 3.05) is 6.61 Å². The van der Waals surface area contributed by atoms with E-state index in [-0.39, 0.29) is 12.5 Å². The van der Waals surface area contributed by atoms with Gasteiger partial charge >= 0.3 is 0 Å². The summed E-state index contributed by atoms with van der Waals surface area (Å²) in [6.07, 6.45) is 88.4. The number of carbonyl (C=O) groups is 1. The number of aliphatic hydroxyl groups excluding tert-OH is 2. The molecule has 0 aliphatic carbocycles. The molecule has 0 radical (unpaired) electrons. The summed E-state index contributed by atoms with van der Waals surface area (Å²) in [4.78, 5) is 12.4. The summed E-state index contributed by atoms with van der Waals surface area (Å²) in [5.74, 6) is -0.116. The molecule has 4 heteroatoms. The predicted octanol–water partition coefficient (Wildman–Crippen LogP) is 18.0. The smallest absolute Gasteiger partial charge is 0.220 e. The molecule has 1 amide bonds. The normalized spacial score (nSPS) is 14.1. The highest BCUT2D eigenvalue weighted by molar-refractivity contribution is 5.76. The van der Waals surface area contributed by atoms with Crippen LogP contribution in [0.3, 0.4) is 0 Å². The van der Waals surface area contributed by atoms with Crippen molar-refractivity contribution in [3.8, 4) is 0 Å². The van der Waals surface area contributed by atoms with Gasteiger partial charge in [-0.3, -0.25) is 4.79 Å². The van der Waals surface area contributed by atoms with Gasteiger partial charge in [-0.05, 0) is 116 Å². The molecule has 0 rings (SSSR count). The number of allylic oxidation sites excluding steroid dienone is 23. The second-order valence-corrected chi connectivity index (χ2v) is 17.5. The van der Waals surface area contributed by atoms with E-state index in [1.165, 1.54) is 89.9 Å². The lowest BCUT2D eigenvalue weighted by molar-refractivity contribution is -0.123. The quantitative estimate of drug-likeness (QED) is 0.0421. The van der Waals surface area contributed by atoms with Crippen molar-refractivity contribution in [3.05, 3.63) is 146 Å². The third-order valence-electron chi connectivity index (χ3n) is 11.3. The van der Waals surface area contributed by atoms with E-state index < -0.39 is 12.1 Å². The lowest BCUT2D eigenvalue weighted by atomic mass is 10.0. The summed E-state index contributed by atoms with van der Waals surface area (Å²) in [6.45, 7) is 4.16. The van der Waals surface area contributed by atoms with Crippen molar-refractivity contribution in [2.45, 2.75) is 231 Å². The summed E-state index contributed by atoms with van der Waals surface area (Å²) < 4.78 is 0. The Labute approximate surface area is 408 Å². The number of hydrogen-bond acceptors (Lipinski definition) is 3. The van der Waals surface area contributed by atoms with Crippen LogP contribution < -0.4 is 5.32 Å². The highest BCUT2D eigenvalue weighted by atomic mass is 16.3. The van der Waals surface area contributed by atoms with Crippen LogP contribution in [0.2, 0.25) is 0 Å². The maximum absolute atomic E-state index is 12.4. The van der Waals surface area contributed by atoms with Gasteiger partial charge in [-0.15, -0.1) is 0 Å². The van der Waals surface area contributed by atoms with Crippen molar-refractivity contribution >= 4 is 5.91 Å². The fourth-order valence-corrected chi connectivity index (χ4v) is 7.20. The average Bonchev–Trinajstić information content (AvgIpc) is 3.32. The van der Waals surface area contributed by atoms with Crippen LogP contribution in [0.5, 0.6) is 0 Å².